The second-order valence-electron chi connectivity index (χ2n) is 4.24. The van der Waals surface area contributed by atoms with Crippen molar-refractivity contribution in [3.8, 4) is 0 Å². The molecule has 1 aromatic rings. The summed E-state index contributed by atoms with van der Waals surface area (Å²) >= 11 is 0. The van der Waals surface area contributed by atoms with Gasteiger partial charge in [-0.3, -0.25) is 4.79 Å². The summed E-state index contributed by atoms with van der Waals surface area (Å²) < 4.78 is 18.1. The van der Waals surface area contributed by atoms with Gasteiger partial charge in [-0.2, -0.15) is 0 Å². The molecule has 0 unspecified atom stereocenters. The smallest absolute Gasteiger partial charge is 0.250 e. The summed E-state index contributed by atoms with van der Waals surface area (Å²) in [6.45, 7) is 0.596. The molecule has 0 saturated heterocycles. The number of nitrogens with two attached hydrogens (primary N) is 1. The van der Waals surface area contributed by atoms with Crippen LogP contribution in [0.5, 0.6) is 0 Å². The minimum absolute atomic E-state index is 0.0214. The zero-order chi connectivity index (χ0) is 12.3. The van der Waals surface area contributed by atoms with E-state index in [1.54, 1.807) is 0 Å². The van der Waals surface area contributed by atoms with Gasteiger partial charge in [-0.25, -0.2) is 4.39 Å². The number of hydrogen-bond acceptors (Lipinski definition) is 3. The molecule has 0 atom stereocenters. The summed E-state index contributed by atoms with van der Waals surface area (Å²) in [4.78, 5) is 11.5. The van der Waals surface area contributed by atoms with Gasteiger partial charge in [0, 0.05) is 0 Å². The van der Waals surface area contributed by atoms with Crippen LogP contribution in [-0.2, 0) is 9.53 Å². The van der Waals surface area contributed by atoms with Crippen LogP contribution in [0, 0.1) is 11.7 Å². The van der Waals surface area contributed by atoms with Gasteiger partial charge in [0.15, 0.2) is 0 Å². The first-order chi connectivity index (χ1) is 8.15. The van der Waals surface area contributed by atoms with Gasteiger partial charge < -0.3 is 15.8 Å². The van der Waals surface area contributed by atoms with Gasteiger partial charge >= 0.3 is 0 Å². The summed E-state index contributed by atoms with van der Waals surface area (Å²) in [5.74, 6) is -0.140. The Bertz CT molecular complexity index is 419. The Morgan fingerprint density at radius 2 is 2.29 bits per heavy atom. The van der Waals surface area contributed by atoms with Gasteiger partial charge in [0.05, 0.1) is 18.0 Å². The predicted molar refractivity (Wildman–Crippen MR) is 63.0 cm³/mol. The molecule has 1 aliphatic carbocycles. The maximum absolute atomic E-state index is 12.9. The van der Waals surface area contributed by atoms with E-state index in [4.69, 9.17) is 10.5 Å². The maximum Gasteiger partial charge on any atom is 0.250 e. The van der Waals surface area contributed by atoms with E-state index in [1.807, 2.05) is 0 Å². The minimum atomic E-state index is -0.437. The van der Waals surface area contributed by atoms with E-state index < -0.39 is 5.82 Å². The van der Waals surface area contributed by atoms with Gasteiger partial charge in [0.1, 0.15) is 12.4 Å². The number of benzene rings is 1. The van der Waals surface area contributed by atoms with Crippen LogP contribution in [0.15, 0.2) is 18.2 Å². The van der Waals surface area contributed by atoms with E-state index in [0.29, 0.717) is 18.2 Å². The number of rotatable bonds is 5. The van der Waals surface area contributed by atoms with Crippen molar-refractivity contribution in [2.45, 2.75) is 12.8 Å². The van der Waals surface area contributed by atoms with Gasteiger partial charge in [-0.05, 0) is 37.0 Å². The highest BCUT2D eigenvalue weighted by molar-refractivity contribution is 5.94. The molecule has 0 aliphatic heterocycles. The lowest BCUT2D eigenvalue weighted by atomic mass is 10.2. The summed E-state index contributed by atoms with van der Waals surface area (Å²) in [6.07, 6.45) is 2.36. The second-order valence-corrected chi connectivity index (χ2v) is 4.24. The van der Waals surface area contributed by atoms with Crippen molar-refractivity contribution in [3.63, 3.8) is 0 Å². The summed E-state index contributed by atoms with van der Waals surface area (Å²) in [5.41, 5.74) is 6.22. The number of halogens is 1. The largest absolute Gasteiger partial charge is 0.397 e. The number of hydrogen-bond donors (Lipinski definition) is 2. The zero-order valence-electron chi connectivity index (χ0n) is 9.41. The van der Waals surface area contributed by atoms with Crippen molar-refractivity contribution >= 4 is 17.3 Å². The summed E-state index contributed by atoms with van der Waals surface area (Å²) in [7, 11) is 0. The summed E-state index contributed by atoms with van der Waals surface area (Å²) in [5, 5.41) is 2.52. The van der Waals surface area contributed by atoms with E-state index in [2.05, 4.69) is 5.32 Å². The Labute approximate surface area is 98.9 Å². The van der Waals surface area contributed by atoms with Gasteiger partial charge in [0.2, 0.25) is 5.91 Å². The highest BCUT2D eigenvalue weighted by atomic mass is 19.1. The first kappa shape index (κ1) is 11.9. The lowest BCUT2D eigenvalue weighted by Crippen LogP contribution is -2.19. The molecule has 1 aromatic carbocycles. The average molecular weight is 238 g/mol. The topological polar surface area (TPSA) is 64.3 Å². The Kier molecular flexibility index (Phi) is 3.58. The van der Waals surface area contributed by atoms with Crippen LogP contribution in [0.2, 0.25) is 0 Å². The molecule has 1 aliphatic rings. The first-order valence-corrected chi connectivity index (χ1v) is 5.58. The Hall–Kier alpha value is -1.62. The van der Waals surface area contributed by atoms with Crippen molar-refractivity contribution < 1.29 is 13.9 Å². The molecule has 1 fully saturated rings. The van der Waals surface area contributed by atoms with Gasteiger partial charge in [-0.1, -0.05) is 0 Å². The van der Waals surface area contributed by atoms with Crippen molar-refractivity contribution in [2.75, 3.05) is 24.3 Å². The Morgan fingerprint density at radius 1 is 1.53 bits per heavy atom. The molecule has 17 heavy (non-hydrogen) atoms. The molecule has 1 saturated carbocycles. The van der Waals surface area contributed by atoms with Crippen molar-refractivity contribution in [2.24, 2.45) is 5.92 Å². The monoisotopic (exact) mass is 238 g/mol. The average Bonchev–Trinajstić information content (AvgIpc) is 3.07. The molecule has 4 nitrogen and oxygen atoms in total. The van der Waals surface area contributed by atoms with Crippen LogP contribution in [0.25, 0.3) is 0 Å². The van der Waals surface area contributed by atoms with Crippen molar-refractivity contribution in [1.29, 1.82) is 0 Å². The predicted octanol–water partition coefficient (Wildman–Crippen LogP) is 1.77. The molecule has 92 valence electrons. The van der Waals surface area contributed by atoms with Crippen LogP contribution < -0.4 is 11.1 Å². The number of nitrogen functional groups attached to an aromatic ring is 1. The third-order valence-corrected chi connectivity index (χ3v) is 2.57. The van der Waals surface area contributed by atoms with E-state index >= 15 is 0 Å². The van der Waals surface area contributed by atoms with E-state index in [9.17, 15) is 9.18 Å². The quantitative estimate of drug-likeness (QED) is 0.768. The number of carbonyl (C=O) groups is 1. The Balaban J connectivity index is 1.81. The molecule has 0 bridgehead atoms. The normalized spacial score (nSPS) is 14.6. The molecular formula is C12H15FN2O2. The fourth-order valence-corrected chi connectivity index (χ4v) is 1.43. The lowest BCUT2D eigenvalue weighted by molar-refractivity contribution is -0.120. The maximum atomic E-state index is 12.9. The van der Waals surface area contributed by atoms with Crippen LogP contribution >= 0.6 is 0 Å². The number of amides is 1. The first-order valence-electron chi connectivity index (χ1n) is 5.58. The van der Waals surface area contributed by atoms with Crippen LogP contribution in [0.4, 0.5) is 15.8 Å². The molecule has 3 N–H and O–H groups in total. The van der Waals surface area contributed by atoms with E-state index in [-0.39, 0.29) is 18.2 Å². The highest BCUT2D eigenvalue weighted by Crippen LogP contribution is 2.28. The number of anilines is 2. The Morgan fingerprint density at radius 3 is 3.00 bits per heavy atom. The van der Waals surface area contributed by atoms with Crippen LogP contribution in [-0.4, -0.2) is 19.1 Å². The van der Waals surface area contributed by atoms with Gasteiger partial charge in [-0.15, -0.1) is 0 Å². The van der Waals surface area contributed by atoms with Crippen molar-refractivity contribution in [1.82, 2.24) is 0 Å². The van der Waals surface area contributed by atoms with Crippen LogP contribution in [0.1, 0.15) is 12.8 Å². The molecule has 0 heterocycles. The second kappa shape index (κ2) is 5.14. The van der Waals surface area contributed by atoms with Gasteiger partial charge in [0.25, 0.3) is 0 Å². The fraction of sp³-hybridized carbons (Fsp3) is 0.417. The standard InChI is InChI=1S/C12H15FN2O2/c13-9-3-4-10(14)11(5-9)15-12(16)7-17-6-8-1-2-8/h3-5,8H,1-2,6-7,14H2,(H,15,16). The number of nitrogens with one attached hydrogen (secondary N) is 1. The molecule has 5 heteroatoms. The lowest BCUT2D eigenvalue weighted by Gasteiger charge is -2.08. The molecular weight excluding hydrogens is 223 g/mol. The summed E-state index contributed by atoms with van der Waals surface area (Å²) in [6, 6.07) is 3.85. The molecule has 1 amide bonds. The highest BCUT2D eigenvalue weighted by Gasteiger charge is 2.21. The van der Waals surface area contributed by atoms with Crippen LogP contribution in [0.3, 0.4) is 0 Å². The zero-order valence-corrected chi connectivity index (χ0v) is 9.41. The molecule has 2 rings (SSSR count). The third-order valence-electron chi connectivity index (χ3n) is 2.57. The SMILES string of the molecule is Nc1ccc(F)cc1NC(=O)COCC1CC1. The number of carbonyl (C=O) groups excluding carboxylic acids is 1. The fourth-order valence-electron chi connectivity index (χ4n) is 1.43. The molecule has 0 radical (unpaired) electrons. The third kappa shape index (κ3) is 3.71. The van der Waals surface area contributed by atoms with E-state index in [1.165, 1.54) is 31.0 Å². The molecule has 0 aromatic heterocycles. The van der Waals surface area contributed by atoms with Crippen molar-refractivity contribution in [3.05, 3.63) is 24.0 Å². The molecule has 0 spiro atoms. The number of ether oxygens (including phenoxy) is 1. The minimum Gasteiger partial charge on any atom is -0.397 e. The van der Waals surface area contributed by atoms with E-state index in [0.717, 1.165) is 0 Å².